The molecule has 0 aliphatic carbocycles. The summed E-state index contributed by atoms with van der Waals surface area (Å²) in [5.74, 6) is -1.03. The highest BCUT2D eigenvalue weighted by molar-refractivity contribution is 5.93. The van der Waals surface area contributed by atoms with E-state index >= 15 is 0 Å². The van der Waals surface area contributed by atoms with Gasteiger partial charge in [-0.25, -0.2) is 0 Å². The predicted molar refractivity (Wildman–Crippen MR) is 81.3 cm³/mol. The molecule has 5 nitrogen and oxygen atoms in total. The van der Waals surface area contributed by atoms with E-state index in [-0.39, 0.29) is 12.5 Å². The summed E-state index contributed by atoms with van der Waals surface area (Å²) in [7, 11) is 0. The first-order chi connectivity index (χ1) is 9.95. The van der Waals surface area contributed by atoms with Crippen molar-refractivity contribution in [2.24, 2.45) is 0 Å². The highest BCUT2D eigenvalue weighted by Crippen LogP contribution is 2.28. The number of nitrogens with zero attached hydrogens (tertiary/aromatic N) is 1. The molecule has 1 aromatic carbocycles. The smallest absolute Gasteiger partial charge is 0.323 e. The largest absolute Gasteiger partial charge is 0.480 e. The Morgan fingerprint density at radius 2 is 2.19 bits per heavy atom. The van der Waals surface area contributed by atoms with Gasteiger partial charge in [0.25, 0.3) is 0 Å². The van der Waals surface area contributed by atoms with Crippen molar-refractivity contribution >= 4 is 17.6 Å². The van der Waals surface area contributed by atoms with E-state index in [1.807, 2.05) is 24.3 Å². The van der Waals surface area contributed by atoms with Crippen molar-refractivity contribution in [3.05, 3.63) is 29.8 Å². The molecule has 114 valence electrons. The summed E-state index contributed by atoms with van der Waals surface area (Å²) < 4.78 is 0. The standard InChI is InChI=1S/C16H22N2O3/c1-3-12-6-4-7-13(10-12)17-14(19)11-18-9-5-8-16(18,2)15(20)21/h4,6-7,10H,3,5,8-9,11H2,1-2H3,(H,17,19)(H,20,21). The minimum atomic E-state index is -0.928. The summed E-state index contributed by atoms with van der Waals surface area (Å²) in [5.41, 5.74) is 0.989. The summed E-state index contributed by atoms with van der Waals surface area (Å²) in [6.45, 7) is 4.50. The van der Waals surface area contributed by atoms with Gasteiger partial charge < -0.3 is 10.4 Å². The van der Waals surface area contributed by atoms with Gasteiger partial charge in [0, 0.05) is 5.69 Å². The van der Waals surface area contributed by atoms with Gasteiger partial charge in [0.2, 0.25) is 5.91 Å². The van der Waals surface area contributed by atoms with E-state index < -0.39 is 11.5 Å². The number of aliphatic carboxylic acids is 1. The van der Waals surface area contributed by atoms with E-state index in [2.05, 4.69) is 12.2 Å². The molecule has 1 aromatic rings. The van der Waals surface area contributed by atoms with Gasteiger partial charge in [-0.15, -0.1) is 0 Å². The number of carboxylic acid groups (broad SMARTS) is 1. The number of rotatable bonds is 5. The van der Waals surface area contributed by atoms with E-state index in [0.717, 1.165) is 24.1 Å². The molecule has 2 rings (SSSR count). The Bertz CT molecular complexity index is 544. The second-order valence-electron chi connectivity index (χ2n) is 5.71. The summed E-state index contributed by atoms with van der Waals surface area (Å²) in [5, 5.41) is 12.2. The third-order valence-electron chi connectivity index (χ3n) is 4.20. The fourth-order valence-electron chi connectivity index (χ4n) is 2.76. The van der Waals surface area contributed by atoms with E-state index in [9.17, 15) is 14.7 Å². The number of carboxylic acids is 1. The van der Waals surface area contributed by atoms with Gasteiger partial charge in [-0.05, 0) is 50.4 Å². The first-order valence-corrected chi connectivity index (χ1v) is 7.33. The normalized spacial score (nSPS) is 22.2. The first-order valence-electron chi connectivity index (χ1n) is 7.33. The molecule has 1 heterocycles. The minimum Gasteiger partial charge on any atom is -0.480 e. The van der Waals surface area contributed by atoms with Gasteiger partial charge in [0.05, 0.1) is 6.54 Å². The van der Waals surface area contributed by atoms with Crippen LogP contribution in [0.5, 0.6) is 0 Å². The van der Waals surface area contributed by atoms with Gasteiger partial charge in [-0.3, -0.25) is 14.5 Å². The molecule has 1 aliphatic heterocycles. The minimum absolute atomic E-state index is 0.110. The zero-order valence-electron chi connectivity index (χ0n) is 12.6. The molecule has 0 radical (unpaired) electrons. The molecule has 1 atom stereocenters. The fourth-order valence-corrected chi connectivity index (χ4v) is 2.76. The van der Waals surface area contributed by atoms with Gasteiger partial charge in [0.15, 0.2) is 0 Å². The van der Waals surface area contributed by atoms with Crippen LogP contribution in [0.3, 0.4) is 0 Å². The molecular formula is C16H22N2O3. The number of nitrogens with one attached hydrogen (secondary N) is 1. The van der Waals surface area contributed by atoms with Crippen LogP contribution >= 0.6 is 0 Å². The van der Waals surface area contributed by atoms with Gasteiger partial charge >= 0.3 is 5.97 Å². The molecule has 0 bridgehead atoms. The summed E-state index contributed by atoms with van der Waals surface area (Å²) in [4.78, 5) is 25.3. The maximum absolute atomic E-state index is 12.1. The molecule has 1 saturated heterocycles. The van der Waals surface area contributed by atoms with Crippen molar-refractivity contribution in [2.45, 2.75) is 38.6 Å². The molecule has 2 N–H and O–H groups in total. The number of carbonyl (C=O) groups excluding carboxylic acids is 1. The van der Waals surface area contributed by atoms with Crippen LogP contribution in [0.2, 0.25) is 0 Å². The van der Waals surface area contributed by atoms with E-state index in [4.69, 9.17) is 0 Å². The quantitative estimate of drug-likeness (QED) is 0.871. The van der Waals surface area contributed by atoms with Crippen LogP contribution in [0, 0.1) is 0 Å². The van der Waals surface area contributed by atoms with Gasteiger partial charge in [0.1, 0.15) is 5.54 Å². The first kappa shape index (κ1) is 15.5. The van der Waals surface area contributed by atoms with Crippen LogP contribution in [0.4, 0.5) is 5.69 Å². The topological polar surface area (TPSA) is 69.6 Å². The van der Waals surface area contributed by atoms with Crippen LogP contribution in [0.25, 0.3) is 0 Å². The second kappa shape index (κ2) is 6.26. The Hall–Kier alpha value is -1.88. The number of likely N-dealkylation sites (tertiary alicyclic amines) is 1. The van der Waals surface area contributed by atoms with Crippen LogP contribution < -0.4 is 5.32 Å². The van der Waals surface area contributed by atoms with Crippen molar-refractivity contribution in [3.63, 3.8) is 0 Å². The maximum Gasteiger partial charge on any atom is 0.323 e. The fraction of sp³-hybridized carbons (Fsp3) is 0.500. The van der Waals surface area contributed by atoms with Crippen molar-refractivity contribution in [1.29, 1.82) is 0 Å². The molecule has 0 spiro atoms. The Morgan fingerprint density at radius 3 is 2.86 bits per heavy atom. The van der Waals surface area contributed by atoms with Crippen molar-refractivity contribution in [3.8, 4) is 0 Å². The van der Waals surface area contributed by atoms with E-state index in [0.29, 0.717) is 13.0 Å². The Balaban J connectivity index is 2.00. The highest BCUT2D eigenvalue weighted by Gasteiger charge is 2.43. The molecular weight excluding hydrogens is 268 g/mol. The SMILES string of the molecule is CCc1cccc(NC(=O)CN2CCCC2(C)C(=O)O)c1. The summed E-state index contributed by atoms with van der Waals surface area (Å²) in [6.07, 6.45) is 2.30. The van der Waals surface area contributed by atoms with Gasteiger partial charge in [-0.1, -0.05) is 19.1 Å². The molecule has 0 aromatic heterocycles. The molecule has 1 fully saturated rings. The third-order valence-corrected chi connectivity index (χ3v) is 4.20. The molecule has 1 aliphatic rings. The lowest BCUT2D eigenvalue weighted by molar-refractivity contribution is -0.149. The zero-order valence-corrected chi connectivity index (χ0v) is 12.6. The lowest BCUT2D eigenvalue weighted by Crippen LogP contribution is -2.50. The zero-order chi connectivity index (χ0) is 15.5. The number of anilines is 1. The van der Waals surface area contributed by atoms with Crippen LogP contribution in [0.15, 0.2) is 24.3 Å². The number of hydrogen-bond acceptors (Lipinski definition) is 3. The lowest BCUT2D eigenvalue weighted by Gasteiger charge is -2.30. The monoisotopic (exact) mass is 290 g/mol. The van der Waals surface area contributed by atoms with Crippen molar-refractivity contribution in [2.75, 3.05) is 18.4 Å². The van der Waals surface area contributed by atoms with E-state index in [1.165, 1.54) is 0 Å². The van der Waals surface area contributed by atoms with Crippen LogP contribution in [-0.2, 0) is 16.0 Å². The molecule has 21 heavy (non-hydrogen) atoms. The average Bonchev–Trinajstić information content (AvgIpc) is 2.81. The van der Waals surface area contributed by atoms with Crippen LogP contribution in [-0.4, -0.2) is 40.5 Å². The molecule has 1 unspecified atom stereocenters. The van der Waals surface area contributed by atoms with Crippen LogP contribution in [0.1, 0.15) is 32.3 Å². The average molecular weight is 290 g/mol. The summed E-state index contributed by atoms with van der Waals surface area (Å²) in [6, 6.07) is 7.71. The molecule has 1 amide bonds. The second-order valence-corrected chi connectivity index (χ2v) is 5.71. The third kappa shape index (κ3) is 3.42. The molecule has 0 saturated carbocycles. The maximum atomic E-state index is 12.1. The number of benzene rings is 1. The number of hydrogen-bond donors (Lipinski definition) is 2. The van der Waals surface area contributed by atoms with Gasteiger partial charge in [-0.2, -0.15) is 0 Å². The summed E-state index contributed by atoms with van der Waals surface area (Å²) >= 11 is 0. The Kier molecular flexibility index (Phi) is 4.63. The lowest BCUT2D eigenvalue weighted by atomic mass is 9.99. The highest BCUT2D eigenvalue weighted by atomic mass is 16.4. The Morgan fingerprint density at radius 1 is 1.43 bits per heavy atom. The Labute approximate surface area is 125 Å². The van der Waals surface area contributed by atoms with E-state index in [1.54, 1.807) is 11.8 Å². The number of aryl methyl sites for hydroxylation is 1. The van der Waals surface area contributed by atoms with Crippen molar-refractivity contribution in [1.82, 2.24) is 4.90 Å². The predicted octanol–water partition coefficient (Wildman–Crippen LogP) is 2.13. The number of amides is 1. The number of carbonyl (C=O) groups is 2. The van der Waals surface area contributed by atoms with Crippen molar-refractivity contribution < 1.29 is 14.7 Å². The molecule has 5 heteroatoms.